The zero-order chi connectivity index (χ0) is 8.27. The molecule has 0 heterocycles. The summed E-state index contributed by atoms with van der Waals surface area (Å²) in [5.41, 5.74) is 0. The Morgan fingerprint density at radius 2 is 2.18 bits per heavy atom. The van der Waals surface area contributed by atoms with Gasteiger partial charge in [-0.25, -0.2) is 0 Å². The molecule has 0 saturated heterocycles. The minimum absolute atomic E-state index is 0.332. The number of aliphatic hydroxyl groups excluding tert-OH is 1. The predicted octanol–water partition coefficient (Wildman–Crippen LogP) is 1.10. The topological polar surface area (TPSA) is 23.5 Å². The van der Waals surface area contributed by atoms with Gasteiger partial charge in [0.1, 0.15) is 0 Å². The molecule has 0 aliphatic heterocycles. The summed E-state index contributed by atoms with van der Waals surface area (Å²) in [4.78, 5) is 2.41. The van der Waals surface area contributed by atoms with Gasteiger partial charge in [0, 0.05) is 12.6 Å². The maximum Gasteiger partial charge on any atom is 0.0457 e. The number of hydrogen-bond acceptors (Lipinski definition) is 2. The Balaban J connectivity index is 2.00. The van der Waals surface area contributed by atoms with Crippen LogP contribution in [0, 0.1) is 5.92 Å². The van der Waals surface area contributed by atoms with Gasteiger partial charge < -0.3 is 10.0 Å². The second-order valence-electron chi connectivity index (χ2n) is 3.79. The third kappa shape index (κ3) is 3.21. The van der Waals surface area contributed by atoms with Gasteiger partial charge in [-0.2, -0.15) is 0 Å². The second kappa shape index (κ2) is 4.07. The van der Waals surface area contributed by atoms with Crippen LogP contribution in [0.5, 0.6) is 0 Å². The summed E-state index contributed by atoms with van der Waals surface area (Å²) in [6, 6.07) is 0.862. The van der Waals surface area contributed by atoms with Crippen molar-refractivity contribution in [3.05, 3.63) is 0 Å². The van der Waals surface area contributed by atoms with E-state index in [0.29, 0.717) is 12.5 Å². The van der Waals surface area contributed by atoms with E-state index in [9.17, 15) is 0 Å². The highest BCUT2D eigenvalue weighted by Crippen LogP contribution is 2.25. The highest BCUT2D eigenvalue weighted by Gasteiger charge is 2.25. The molecule has 66 valence electrons. The number of nitrogens with zero attached hydrogens (tertiary/aromatic N) is 1. The van der Waals surface area contributed by atoms with Crippen LogP contribution in [-0.4, -0.2) is 36.2 Å². The molecule has 0 bridgehead atoms. The molecule has 1 N–H and O–H groups in total. The van der Waals surface area contributed by atoms with E-state index < -0.39 is 0 Å². The fourth-order valence-electron chi connectivity index (χ4n) is 1.21. The van der Waals surface area contributed by atoms with Crippen LogP contribution in [0.4, 0.5) is 0 Å². The summed E-state index contributed by atoms with van der Waals surface area (Å²) in [6.07, 6.45) is 3.89. The zero-order valence-corrected chi connectivity index (χ0v) is 7.58. The van der Waals surface area contributed by atoms with Gasteiger partial charge in [-0.1, -0.05) is 6.92 Å². The molecule has 1 aliphatic rings. The van der Waals surface area contributed by atoms with Gasteiger partial charge in [0.15, 0.2) is 0 Å². The molecule has 2 nitrogen and oxygen atoms in total. The molecule has 1 aliphatic carbocycles. The third-order valence-corrected chi connectivity index (χ3v) is 2.46. The van der Waals surface area contributed by atoms with E-state index in [1.165, 1.54) is 12.8 Å². The summed E-state index contributed by atoms with van der Waals surface area (Å²) in [7, 11) is 2.18. The quantitative estimate of drug-likeness (QED) is 0.646. The predicted molar refractivity (Wildman–Crippen MR) is 46.5 cm³/mol. The maximum absolute atomic E-state index is 8.78. The summed E-state index contributed by atoms with van der Waals surface area (Å²) in [5.74, 6) is 0.469. The van der Waals surface area contributed by atoms with Crippen LogP contribution in [0.2, 0.25) is 0 Å². The Bertz CT molecular complexity index is 112. The Morgan fingerprint density at radius 3 is 2.64 bits per heavy atom. The lowest BCUT2D eigenvalue weighted by Gasteiger charge is -2.17. The highest BCUT2D eigenvalue weighted by molar-refractivity contribution is 4.82. The first-order valence-electron chi connectivity index (χ1n) is 4.55. The first-order valence-corrected chi connectivity index (χ1v) is 4.55. The Morgan fingerprint density at radius 1 is 1.55 bits per heavy atom. The molecule has 0 amide bonds. The van der Waals surface area contributed by atoms with E-state index in [2.05, 4.69) is 18.9 Å². The second-order valence-corrected chi connectivity index (χ2v) is 3.79. The van der Waals surface area contributed by atoms with Crippen molar-refractivity contribution in [3.63, 3.8) is 0 Å². The lowest BCUT2D eigenvalue weighted by Crippen LogP contribution is -2.23. The number of hydrogen-bond donors (Lipinski definition) is 1. The molecule has 11 heavy (non-hydrogen) atoms. The van der Waals surface area contributed by atoms with Gasteiger partial charge in [0.05, 0.1) is 0 Å². The van der Waals surface area contributed by atoms with Crippen molar-refractivity contribution in [1.29, 1.82) is 0 Å². The molecule has 1 unspecified atom stereocenters. The van der Waals surface area contributed by atoms with E-state index in [1.807, 2.05) is 0 Å². The molecule has 0 aromatic rings. The highest BCUT2D eigenvalue weighted by atomic mass is 16.3. The van der Waals surface area contributed by atoms with Crippen LogP contribution >= 0.6 is 0 Å². The number of rotatable bonds is 5. The lowest BCUT2D eigenvalue weighted by atomic mass is 10.1. The van der Waals surface area contributed by atoms with Crippen LogP contribution in [-0.2, 0) is 0 Å². The molecular weight excluding hydrogens is 138 g/mol. The molecular formula is C9H19NO. The summed E-state index contributed by atoms with van der Waals surface area (Å²) in [6.45, 7) is 3.58. The molecule has 0 radical (unpaired) electrons. The first kappa shape index (κ1) is 9.01. The largest absolute Gasteiger partial charge is 0.396 e. The fraction of sp³-hybridized carbons (Fsp3) is 1.00. The maximum atomic E-state index is 8.78. The van der Waals surface area contributed by atoms with E-state index in [0.717, 1.165) is 19.0 Å². The molecule has 2 heteroatoms. The minimum Gasteiger partial charge on any atom is -0.396 e. The SMILES string of the molecule is CC(CO)CCN(C)C1CC1. The van der Waals surface area contributed by atoms with Crippen LogP contribution in [0.3, 0.4) is 0 Å². The van der Waals surface area contributed by atoms with Crippen molar-refractivity contribution in [2.45, 2.75) is 32.2 Å². The van der Waals surface area contributed by atoms with E-state index >= 15 is 0 Å². The van der Waals surface area contributed by atoms with Crippen molar-refractivity contribution in [1.82, 2.24) is 4.90 Å². The minimum atomic E-state index is 0.332. The van der Waals surface area contributed by atoms with Gasteiger partial charge >= 0.3 is 0 Å². The molecule has 1 fully saturated rings. The molecule has 1 atom stereocenters. The first-order chi connectivity index (χ1) is 5.24. The van der Waals surface area contributed by atoms with Crippen molar-refractivity contribution in [2.75, 3.05) is 20.2 Å². The zero-order valence-electron chi connectivity index (χ0n) is 7.58. The van der Waals surface area contributed by atoms with Crippen LogP contribution in [0.15, 0.2) is 0 Å². The summed E-state index contributed by atoms with van der Waals surface area (Å²) < 4.78 is 0. The van der Waals surface area contributed by atoms with E-state index in [1.54, 1.807) is 0 Å². The Labute approximate surface area is 69.2 Å². The van der Waals surface area contributed by atoms with Gasteiger partial charge in [-0.05, 0) is 38.8 Å². The Hall–Kier alpha value is -0.0800. The van der Waals surface area contributed by atoms with Crippen LogP contribution < -0.4 is 0 Å². The smallest absolute Gasteiger partial charge is 0.0457 e. The fourth-order valence-corrected chi connectivity index (χ4v) is 1.21. The Kier molecular flexibility index (Phi) is 3.34. The lowest BCUT2D eigenvalue weighted by molar-refractivity contribution is 0.209. The monoisotopic (exact) mass is 157 g/mol. The average Bonchev–Trinajstić information content (AvgIpc) is 2.81. The normalized spacial score (nSPS) is 20.7. The molecule has 1 rings (SSSR count). The third-order valence-electron chi connectivity index (χ3n) is 2.46. The van der Waals surface area contributed by atoms with Gasteiger partial charge in [0.25, 0.3) is 0 Å². The van der Waals surface area contributed by atoms with Crippen molar-refractivity contribution in [3.8, 4) is 0 Å². The van der Waals surface area contributed by atoms with Gasteiger partial charge in [-0.3, -0.25) is 0 Å². The van der Waals surface area contributed by atoms with Crippen LogP contribution in [0.25, 0.3) is 0 Å². The van der Waals surface area contributed by atoms with E-state index in [-0.39, 0.29) is 0 Å². The van der Waals surface area contributed by atoms with Crippen molar-refractivity contribution in [2.24, 2.45) is 5.92 Å². The van der Waals surface area contributed by atoms with Gasteiger partial charge in [0.2, 0.25) is 0 Å². The van der Waals surface area contributed by atoms with Crippen molar-refractivity contribution < 1.29 is 5.11 Å². The van der Waals surface area contributed by atoms with E-state index in [4.69, 9.17) is 5.11 Å². The molecule has 0 aromatic heterocycles. The average molecular weight is 157 g/mol. The van der Waals surface area contributed by atoms with Crippen LogP contribution in [0.1, 0.15) is 26.2 Å². The standard InChI is InChI=1S/C9H19NO/c1-8(7-11)5-6-10(2)9-3-4-9/h8-9,11H,3-7H2,1-2H3. The number of aliphatic hydroxyl groups is 1. The summed E-state index contributed by atoms with van der Waals surface area (Å²) >= 11 is 0. The summed E-state index contributed by atoms with van der Waals surface area (Å²) in [5, 5.41) is 8.78. The molecule has 0 aromatic carbocycles. The van der Waals surface area contributed by atoms with Crippen molar-refractivity contribution >= 4 is 0 Å². The van der Waals surface area contributed by atoms with Gasteiger partial charge in [-0.15, -0.1) is 0 Å². The molecule has 1 saturated carbocycles. The molecule has 0 spiro atoms.